The van der Waals surface area contributed by atoms with Crippen molar-refractivity contribution in [1.82, 2.24) is 0 Å². The second-order valence-electron chi connectivity index (χ2n) is 10.0. The highest BCUT2D eigenvalue weighted by molar-refractivity contribution is 4.94. The largest absolute Gasteiger partial charge is 0.325 e. The molecular weight excluding hydrogens is 362 g/mol. The summed E-state index contributed by atoms with van der Waals surface area (Å²) >= 11 is 0. The smallest absolute Gasteiger partial charge is 0.0185 e. The van der Waals surface area contributed by atoms with Crippen molar-refractivity contribution < 1.29 is 0 Å². The Bertz CT molecular complexity index is 340. The Balaban J connectivity index is 3.87. The van der Waals surface area contributed by atoms with Gasteiger partial charge in [0.05, 0.1) is 0 Å². The minimum atomic E-state index is 0.0384. The predicted octanol–water partition coefficient (Wildman–Crippen LogP) is 10.1. The lowest BCUT2D eigenvalue weighted by Gasteiger charge is -2.38. The van der Waals surface area contributed by atoms with Crippen LogP contribution in [0.3, 0.4) is 0 Å². The molecule has 0 aromatic carbocycles. The third kappa shape index (κ3) is 16.4. The number of hydrogen-bond acceptors (Lipinski definition) is 1. The molecule has 30 heavy (non-hydrogen) atoms. The molecule has 0 aliphatic carbocycles. The third-order valence-corrected chi connectivity index (χ3v) is 7.16. The summed E-state index contributed by atoms with van der Waals surface area (Å²) in [6, 6.07) is 0. The molecule has 0 aliphatic rings. The van der Waals surface area contributed by atoms with E-state index in [-0.39, 0.29) is 5.54 Å². The number of hydrogen-bond donors (Lipinski definition) is 1. The molecule has 0 aromatic heterocycles. The van der Waals surface area contributed by atoms with Crippen molar-refractivity contribution in [2.24, 2.45) is 11.7 Å². The fourth-order valence-corrected chi connectivity index (χ4v) is 4.97. The standard InChI is InChI=1S/C29H59N/c1-5-9-12-13-14-15-16-17-18-19-20-21-22-23-25-28(24-8-4)29(30,26-10-6-2)27-11-7-3/h8,28H,4-7,9-27,30H2,1-3H3. The van der Waals surface area contributed by atoms with E-state index in [4.69, 9.17) is 5.73 Å². The van der Waals surface area contributed by atoms with Gasteiger partial charge in [-0.15, -0.1) is 6.58 Å². The van der Waals surface area contributed by atoms with E-state index in [0.29, 0.717) is 5.92 Å². The molecule has 0 saturated heterocycles. The maximum absolute atomic E-state index is 7.01. The Morgan fingerprint density at radius 3 is 1.33 bits per heavy atom. The van der Waals surface area contributed by atoms with E-state index >= 15 is 0 Å². The summed E-state index contributed by atoms with van der Waals surface area (Å²) in [5.41, 5.74) is 7.05. The van der Waals surface area contributed by atoms with Crippen LogP contribution in [-0.2, 0) is 0 Å². The van der Waals surface area contributed by atoms with Gasteiger partial charge in [-0.05, 0) is 31.6 Å². The Labute approximate surface area is 192 Å². The highest BCUT2D eigenvalue weighted by atomic mass is 14.8. The highest BCUT2D eigenvalue weighted by Crippen LogP contribution is 2.33. The van der Waals surface area contributed by atoms with Crippen LogP contribution in [0.4, 0.5) is 0 Å². The van der Waals surface area contributed by atoms with Gasteiger partial charge in [0.15, 0.2) is 0 Å². The molecular formula is C29H59N. The molecule has 0 aliphatic heterocycles. The third-order valence-electron chi connectivity index (χ3n) is 7.16. The zero-order chi connectivity index (χ0) is 22.3. The van der Waals surface area contributed by atoms with E-state index in [9.17, 15) is 0 Å². The van der Waals surface area contributed by atoms with Gasteiger partial charge in [-0.1, -0.05) is 142 Å². The number of rotatable bonds is 24. The van der Waals surface area contributed by atoms with Crippen LogP contribution in [0.25, 0.3) is 0 Å². The summed E-state index contributed by atoms with van der Waals surface area (Å²) in [5.74, 6) is 0.630. The van der Waals surface area contributed by atoms with Crippen molar-refractivity contribution in [3.63, 3.8) is 0 Å². The summed E-state index contributed by atoms with van der Waals surface area (Å²) in [6.07, 6.45) is 32.0. The average molecular weight is 422 g/mol. The lowest BCUT2D eigenvalue weighted by atomic mass is 9.73. The van der Waals surface area contributed by atoms with Crippen molar-refractivity contribution in [2.45, 2.75) is 168 Å². The van der Waals surface area contributed by atoms with Crippen LogP contribution in [0, 0.1) is 5.92 Å². The summed E-state index contributed by atoms with van der Waals surface area (Å²) in [6.45, 7) is 10.9. The van der Waals surface area contributed by atoms with Crippen molar-refractivity contribution in [2.75, 3.05) is 0 Å². The Morgan fingerprint density at radius 1 is 0.600 bits per heavy atom. The van der Waals surface area contributed by atoms with Crippen LogP contribution in [0.1, 0.15) is 162 Å². The fourth-order valence-electron chi connectivity index (χ4n) is 4.97. The first-order valence-electron chi connectivity index (χ1n) is 14.0. The van der Waals surface area contributed by atoms with Gasteiger partial charge in [-0.3, -0.25) is 0 Å². The lowest BCUT2D eigenvalue weighted by Crippen LogP contribution is -2.47. The summed E-state index contributed by atoms with van der Waals surface area (Å²) < 4.78 is 0. The van der Waals surface area contributed by atoms with Gasteiger partial charge in [0, 0.05) is 5.54 Å². The monoisotopic (exact) mass is 421 g/mol. The molecule has 1 nitrogen and oxygen atoms in total. The van der Waals surface area contributed by atoms with E-state index in [1.54, 1.807) is 0 Å². The molecule has 1 unspecified atom stereocenters. The van der Waals surface area contributed by atoms with E-state index in [1.165, 1.54) is 135 Å². The van der Waals surface area contributed by atoms with Crippen LogP contribution < -0.4 is 5.73 Å². The van der Waals surface area contributed by atoms with Crippen molar-refractivity contribution in [1.29, 1.82) is 0 Å². The van der Waals surface area contributed by atoms with E-state index in [2.05, 4.69) is 33.4 Å². The summed E-state index contributed by atoms with van der Waals surface area (Å²) in [5, 5.41) is 0. The Hall–Kier alpha value is -0.300. The SMILES string of the molecule is C=CCC(CCCCCCCCCCCCCCCC)C(N)(CCCC)CCCC. The molecule has 0 fully saturated rings. The molecule has 1 atom stereocenters. The lowest BCUT2D eigenvalue weighted by molar-refractivity contribution is 0.208. The van der Waals surface area contributed by atoms with E-state index in [1.807, 2.05) is 0 Å². The molecule has 1 heteroatoms. The normalized spacial score (nSPS) is 12.9. The Kier molecular flexibility index (Phi) is 21.7. The summed E-state index contributed by atoms with van der Waals surface area (Å²) in [4.78, 5) is 0. The minimum absolute atomic E-state index is 0.0384. The van der Waals surface area contributed by atoms with Gasteiger partial charge in [0.1, 0.15) is 0 Å². The van der Waals surface area contributed by atoms with Gasteiger partial charge in [0.2, 0.25) is 0 Å². The number of nitrogens with two attached hydrogens (primary N) is 1. The average Bonchev–Trinajstić information content (AvgIpc) is 2.75. The summed E-state index contributed by atoms with van der Waals surface area (Å²) in [7, 11) is 0. The number of unbranched alkanes of at least 4 members (excludes halogenated alkanes) is 15. The molecule has 0 rings (SSSR count). The molecule has 0 heterocycles. The van der Waals surface area contributed by atoms with Gasteiger partial charge in [0.25, 0.3) is 0 Å². The van der Waals surface area contributed by atoms with Crippen molar-refractivity contribution in [3.05, 3.63) is 12.7 Å². The quantitative estimate of drug-likeness (QED) is 0.122. The van der Waals surface area contributed by atoms with Gasteiger partial charge < -0.3 is 5.73 Å². The molecule has 0 bridgehead atoms. The molecule has 0 amide bonds. The predicted molar refractivity (Wildman–Crippen MR) is 139 cm³/mol. The van der Waals surface area contributed by atoms with Crippen molar-refractivity contribution in [3.8, 4) is 0 Å². The van der Waals surface area contributed by atoms with Crippen molar-refractivity contribution >= 4 is 0 Å². The second kappa shape index (κ2) is 21.9. The number of allylic oxidation sites excluding steroid dienone is 1. The van der Waals surface area contributed by atoms with Crippen LogP contribution in [0.5, 0.6) is 0 Å². The second-order valence-corrected chi connectivity index (χ2v) is 10.0. The van der Waals surface area contributed by atoms with Crippen LogP contribution in [0.15, 0.2) is 12.7 Å². The van der Waals surface area contributed by atoms with E-state index < -0.39 is 0 Å². The first kappa shape index (κ1) is 29.7. The molecule has 0 spiro atoms. The first-order valence-corrected chi connectivity index (χ1v) is 14.0. The fraction of sp³-hybridized carbons (Fsp3) is 0.931. The zero-order valence-electron chi connectivity index (χ0n) is 21.5. The molecule has 0 radical (unpaired) electrons. The maximum atomic E-state index is 7.01. The molecule has 180 valence electrons. The molecule has 0 saturated carbocycles. The minimum Gasteiger partial charge on any atom is -0.325 e. The van der Waals surface area contributed by atoms with Gasteiger partial charge in [-0.2, -0.15) is 0 Å². The Morgan fingerprint density at radius 2 is 0.967 bits per heavy atom. The topological polar surface area (TPSA) is 26.0 Å². The first-order chi connectivity index (χ1) is 14.6. The zero-order valence-corrected chi connectivity index (χ0v) is 21.5. The van der Waals surface area contributed by atoms with Crippen LogP contribution >= 0.6 is 0 Å². The maximum Gasteiger partial charge on any atom is 0.0185 e. The molecule has 2 N–H and O–H groups in total. The van der Waals surface area contributed by atoms with E-state index in [0.717, 1.165) is 6.42 Å². The van der Waals surface area contributed by atoms with Gasteiger partial charge >= 0.3 is 0 Å². The molecule has 0 aromatic rings. The highest BCUT2D eigenvalue weighted by Gasteiger charge is 2.32. The van der Waals surface area contributed by atoms with Crippen LogP contribution in [-0.4, -0.2) is 5.54 Å². The van der Waals surface area contributed by atoms with Crippen LogP contribution in [0.2, 0.25) is 0 Å². The van der Waals surface area contributed by atoms with Gasteiger partial charge in [-0.25, -0.2) is 0 Å².